The van der Waals surface area contributed by atoms with Gasteiger partial charge >= 0.3 is 11.8 Å². The Labute approximate surface area is 225 Å². The van der Waals surface area contributed by atoms with Gasteiger partial charge in [-0.2, -0.15) is 0 Å². The summed E-state index contributed by atoms with van der Waals surface area (Å²) in [6.07, 6.45) is 1.54. The Hall–Kier alpha value is -4.70. The van der Waals surface area contributed by atoms with Gasteiger partial charge in [-0.15, -0.1) is 0 Å². The number of nitrogens with one attached hydrogen (secondary N) is 2. The molecule has 0 fully saturated rings. The molecule has 39 heavy (non-hydrogen) atoms. The topological polar surface area (TPSA) is 102 Å². The van der Waals surface area contributed by atoms with Crippen LogP contribution in [0.1, 0.15) is 11.6 Å². The normalized spacial score (nSPS) is 11.6. The maximum absolute atomic E-state index is 14.9. The van der Waals surface area contributed by atoms with Crippen molar-refractivity contribution < 1.29 is 28.2 Å². The van der Waals surface area contributed by atoms with Gasteiger partial charge in [-0.25, -0.2) is 4.39 Å². The van der Waals surface area contributed by atoms with Gasteiger partial charge in [-0.3, -0.25) is 14.6 Å². The standard InChI is InChI=1S/C29H29FN4O5/c1-34(2)23(18-8-6-5-7-9-18)17-32-28(35)29(36)33-19-10-11-25(21(30)14-19)39-24-12-13-31-22-16-27(38-4)26(37-3)15-20(22)24/h5-16,23H,17H2,1-4H3,(H,32,35)(H,33,36). The molecule has 10 heteroatoms. The summed E-state index contributed by atoms with van der Waals surface area (Å²) in [5, 5.41) is 5.66. The van der Waals surface area contributed by atoms with Gasteiger partial charge in [0.05, 0.1) is 25.8 Å². The molecule has 1 unspecified atom stereocenters. The highest BCUT2D eigenvalue weighted by molar-refractivity contribution is 6.39. The van der Waals surface area contributed by atoms with Gasteiger partial charge in [0.15, 0.2) is 23.1 Å². The fraction of sp³-hybridized carbons (Fsp3) is 0.207. The van der Waals surface area contributed by atoms with Crippen LogP contribution in [0.25, 0.3) is 10.9 Å². The molecule has 0 aliphatic rings. The number of nitrogens with zero attached hydrogens (tertiary/aromatic N) is 2. The molecule has 4 rings (SSSR count). The number of fused-ring (bicyclic) bond motifs is 1. The number of aromatic nitrogens is 1. The molecule has 9 nitrogen and oxygen atoms in total. The molecular formula is C29H29FN4O5. The molecule has 0 spiro atoms. The van der Waals surface area contributed by atoms with Crippen LogP contribution in [0, 0.1) is 5.82 Å². The number of benzene rings is 3. The number of rotatable bonds is 9. The van der Waals surface area contributed by atoms with Crippen LogP contribution in [0.5, 0.6) is 23.0 Å². The lowest BCUT2D eigenvalue weighted by molar-refractivity contribution is -0.136. The summed E-state index contributed by atoms with van der Waals surface area (Å²) in [6.45, 7) is 0.223. The van der Waals surface area contributed by atoms with E-state index in [0.717, 1.165) is 11.6 Å². The summed E-state index contributed by atoms with van der Waals surface area (Å²) >= 11 is 0. The van der Waals surface area contributed by atoms with Crippen molar-refractivity contribution >= 4 is 28.4 Å². The fourth-order valence-electron chi connectivity index (χ4n) is 4.05. The largest absolute Gasteiger partial charge is 0.493 e. The van der Waals surface area contributed by atoms with Crippen LogP contribution in [0.2, 0.25) is 0 Å². The third-order valence-electron chi connectivity index (χ3n) is 6.09. The first-order valence-electron chi connectivity index (χ1n) is 12.1. The predicted molar refractivity (Wildman–Crippen MR) is 146 cm³/mol. The van der Waals surface area contributed by atoms with Crippen LogP contribution in [0.3, 0.4) is 0 Å². The SMILES string of the molecule is COc1cc2nccc(Oc3ccc(NC(=O)C(=O)NCC(c4ccccc4)N(C)C)cc3F)c2cc1OC. The number of likely N-dealkylation sites (N-methyl/N-ethyl adjacent to an activating group) is 1. The number of amides is 2. The lowest BCUT2D eigenvalue weighted by Gasteiger charge is -2.25. The van der Waals surface area contributed by atoms with Crippen LogP contribution < -0.4 is 24.8 Å². The minimum absolute atomic E-state index is 0.0728. The van der Waals surface area contributed by atoms with Gasteiger partial charge in [0.2, 0.25) is 0 Å². The van der Waals surface area contributed by atoms with E-state index in [1.54, 1.807) is 18.2 Å². The monoisotopic (exact) mass is 532 g/mol. The zero-order valence-corrected chi connectivity index (χ0v) is 22.0. The van der Waals surface area contributed by atoms with Crippen molar-refractivity contribution in [3.63, 3.8) is 0 Å². The summed E-state index contributed by atoms with van der Waals surface area (Å²) in [5.41, 5.74) is 1.68. The number of methoxy groups -OCH3 is 2. The zero-order chi connectivity index (χ0) is 27.9. The van der Waals surface area contributed by atoms with Crippen LogP contribution in [-0.4, -0.2) is 56.6 Å². The van der Waals surface area contributed by atoms with Crippen molar-refractivity contribution in [2.75, 3.05) is 40.2 Å². The van der Waals surface area contributed by atoms with E-state index >= 15 is 0 Å². The first-order chi connectivity index (χ1) is 18.8. The molecule has 1 aromatic heterocycles. The Morgan fingerprint density at radius 3 is 2.28 bits per heavy atom. The van der Waals surface area contributed by atoms with E-state index < -0.39 is 17.6 Å². The number of hydrogen-bond acceptors (Lipinski definition) is 7. The molecule has 2 N–H and O–H groups in total. The lowest BCUT2D eigenvalue weighted by atomic mass is 10.1. The number of ether oxygens (including phenoxy) is 3. The Morgan fingerprint density at radius 2 is 1.62 bits per heavy atom. The van der Waals surface area contributed by atoms with E-state index in [0.29, 0.717) is 28.2 Å². The second-order valence-electron chi connectivity index (χ2n) is 8.83. The van der Waals surface area contributed by atoms with Crippen LogP contribution in [-0.2, 0) is 9.59 Å². The molecule has 1 heterocycles. The fourth-order valence-corrected chi connectivity index (χ4v) is 4.05. The first kappa shape index (κ1) is 27.3. The van der Waals surface area contributed by atoms with E-state index in [1.165, 1.54) is 32.5 Å². The minimum atomic E-state index is -0.908. The van der Waals surface area contributed by atoms with Crippen molar-refractivity contribution in [1.29, 1.82) is 0 Å². The minimum Gasteiger partial charge on any atom is -0.493 e. The number of carbonyl (C=O) groups is 2. The number of halogens is 1. The molecule has 0 aliphatic heterocycles. The highest BCUT2D eigenvalue weighted by atomic mass is 19.1. The van der Waals surface area contributed by atoms with Gasteiger partial charge in [0.25, 0.3) is 0 Å². The second kappa shape index (κ2) is 12.2. The number of anilines is 1. The van der Waals surface area contributed by atoms with Crippen molar-refractivity contribution in [1.82, 2.24) is 15.2 Å². The molecule has 1 atom stereocenters. The molecule has 0 bridgehead atoms. The highest BCUT2D eigenvalue weighted by Crippen LogP contribution is 2.37. The second-order valence-corrected chi connectivity index (χ2v) is 8.83. The van der Waals surface area contributed by atoms with Gasteiger partial charge in [-0.05, 0) is 43.9 Å². The molecule has 0 radical (unpaired) electrons. The first-order valence-corrected chi connectivity index (χ1v) is 12.1. The average molecular weight is 533 g/mol. The molecule has 202 valence electrons. The Morgan fingerprint density at radius 1 is 0.897 bits per heavy atom. The van der Waals surface area contributed by atoms with Crippen molar-refractivity contribution in [2.24, 2.45) is 0 Å². The third-order valence-corrected chi connectivity index (χ3v) is 6.09. The lowest BCUT2D eigenvalue weighted by Crippen LogP contribution is -2.40. The summed E-state index contributed by atoms with van der Waals surface area (Å²) < 4.78 is 31.4. The highest BCUT2D eigenvalue weighted by Gasteiger charge is 2.20. The van der Waals surface area contributed by atoms with Crippen LogP contribution in [0.15, 0.2) is 72.9 Å². The zero-order valence-electron chi connectivity index (χ0n) is 22.0. The molecule has 4 aromatic rings. The van der Waals surface area contributed by atoms with E-state index in [2.05, 4.69) is 15.6 Å². The Balaban J connectivity index is 1.43. The molecule has 0 saturated heterocycles. The van der Waals surface area contributed by atoms with Crippen molar-refractivity contribution in [3.8, 4) is 23.0 Å². The average Bonchev–Trinajstić information content (AvgIpc) is 2.94. The summed E-state index contributed by atoms with van der Waals surface area (Å²) in [5.74, 6) is -1.21. The Bertz CT molecular complexity index is 1480. The Kier molecular flexibility index (Phi) is 8.57. The molecule has 2 amide bonds. The van der Waals surface area contributed by atoms with Crippen molar-refractivity contribution in [2.45, 2.75) is 6.04 Å². The maximum atomic E-state index is 14.9. The quantitative estimate of drug-likeness (QED) is 0.305. The van der Waals surface area contributed by atoms with Gasteiger partial charge in [-0.1, -0.05) is 30.3 Å². The summed E-state index contributed by atoms with van der Waals surface area (Å²) in [4.78, 5) is 31.1. The predicted octanol–water partition coefficient (Wildman–Crippen LogP) is 4.54. The molecule has 0 saturated carbocycles. The summed E-state index contributed by atoms with van der Waals surface area (Å²) in [6, 6.07) is 18.4. The van der Waals surface area contributed by atoms with E-state index in [9.17, 15) is 14.0 Å². The van der Waals surface area contributed by atoms with Crippen LogP contribution in [0.4, 0.5) is 10.1 Å². The number of hydrogen-bond donors (Lipinski definition) is 2. The summed E-state index contributed by atoms with van der Waals surface area (Å²) in [7, 11) is 6.81. The van der Waals surface area contributed by atoms with E-state index in [4.69, 9.17) is 14.2 Å². The van der Waals surface area contributed by atoms with Crippen LogP contribution >= 0.6 is 0 Å². The van der Waals surface area contributed by atoms with Gasteiger partial charge < -0.3 is 29.7 Å². The number of pyridine rings is 1. The smallest absolute Gasteiger partial charge is 0.313 e. The molecule has 0 aliphatic carbocycles. The number of carbonyl (C=O) groups excluding carboxylic acids is 2. The third kappa shape index (κ3) is 6.42. The van der Waals surface area contributed by atoms with Gasteiger partial charge in [0.1, 0.15) is 5.75 Å². The molecular weight excluding hydrogens is 503 g/mol. The van der Waals surface area contributed by atoms with Crippen molar-refractivity contribution in [3.05, 3.63) is 84.3 Å². The molecule has 3 aromatic carbocycles. The van der Waals surface area contributed by atoms with Gasteiger partial charge in [0, 0.05) is 35.9 Å². The maximum Gasteiger partial charge on any atom is 0.313 e. The van der Waals surface area contributed by atoms with E-state index in [1.807, 2.05) is 49.3 Å². The van der Waals surface area contributed by atoms with E-state index in [-0.39, 0.29) is 24.0 Å².